The molecule has 1 aliphatic rings. The number of anilines is 2. The van der Waals surface area contributed by atoms with Gasteiger partial charge in [-0.15, -0.1) is 0 Å². The number of aromatic nitrogens is 2. The maximum Gasteiger partial charge on any atom is 0.135 e. The lowest BCUT2D eigenvalue weighted by atomic mass is 10.2. The van der Waals surface area contributed by atoms with Gasteiger partial charge in [0, 0.05) is 24.6 Å². The summed E-state index contributed by atoms with van der Waals surface area (Å²) >= 11 is 0. The highest BCUT2D eigenvalue weighted by molar-refractivity contribution is 5.49. The molecular weight excluding hydrogens is 224 g/mol. The van der Waals surface area contributed by atoms with Crippen LogP contribution in [0.4, 0.5) is 11.6 Å². The van der Waals surface area contributed by atoms with Gasteiger partial charge in [0.25, 0.3) is 0 Å². The Morgan fingerprint density at radius 2 is 1.94 bits per heavy atom. The Morgan fingerprint density at radius 1 is 1.28 bits per heavy atom. The minimum absolute atomic E-state index is 0.312. The number of nitrogens with zero attached hydrogens (tertiary/aromatic N) is 3. The SMILES string of the molecule is CC(C)CN(c1cc(N)nc(C(C)C)n1)C1CC1. The summed E-state index contributed by atoms with van der Waals surface area (Å²) in [6.45, 7) is 9.72. The predicted octanol–water partition coefficient (Wildman–Crippen LogP) is 2.81. The Balaban J connectivity index is 2.28. The molecular formula is C14H24N4. The van der Waals surface area contributed by atoms with Gasteiger partial charge >= 0.3 is 0 Å². The van der Waals surface area contributed by atoms with Gasteiger partial charge in [0.15, 0.2) is 0 Å². The van der Waals surface area contributed by atoms with E-state index in [0.717, 1.165) is 18.2 Å². The molecule has 0 radical (unpaired) electrons. The zero-order valence-corrected chi connectivity index (χ0v) is 11.8. The van der Waals surface area contributed by atoms with E-state index >= 15 is 0 Å². The van der Waals surface area contributed by atoms with Gasteiger partial charge in [0.2, 0.25) is 0 Å². The lowest BCUT2D eigenvalue weighted by Crippen LogP contribution is -2.31. The van der Waals surface area contributed by atoms with E-state index in [9.17, 15) is 0 Å². The average Bonchev–Trinajstić information content (AvgIpc) is 3.08. The second-order valence-corrected chi connectivity index (χ2v) is 5.94. The van der Waals surface area contributed by atoms with Crippen molar-refractivity contribution in [1.82, 2.24) is 9.97 Å². The molecule has 18 heavy (non-hydrogen) atoms. The van der Waals surface area contributed by atoms with Crippen molar-refractivity contribution >= 4 is 11.6 Å². The first-order valence-corrected chi connectivity index (χ1v) is 6.88. The third-order valence-electron chi connectivity index (χ3n) is 3.11. The first kappa shape index (κ1) is 13.1. The van der Waals surface area contributed by atoms with Crippen molar-refractivity contribution in [2.24, 2.45) is 5.92 Å². The maximum absolute atomic E-state index is 5.91. The monoisotopic (exact) mass is 248 g/mol. The van der Waals surface area contributed by atoms with Crippen LogP contribution in [0.1, 0.15) is 52.3 Å². The van der Waals surface area contributed by atoms with E-state index in [0.29, 0.717) is 23.7 Å². The van der Waals surface area contributed by atoms with Gasteiger partial charge in [-0.1, -0.05) is 27.7 Å². The molecule has 0 bridgehead atoms. The van der Waals surface area contributed by atoms with Gasteiger partial charge in [-0.05, 0) is 18.8 Å². The molecule has 1 aromatic rings. The molecule has 0 spiro atoms. The van der Waals surface area contributed by atoms with Crippen molar-refractivity contribution < 1.29 is 0 Å². The van der Waals surface area contributed by atoms with Gasteiger partial charge in [0.05, 0.1) is 0 Å². The molecule has 1 fully saturated rings. The van der Waals surface area contributed by atoms with Crippen molar-refractivity contribution in [3.8, 4) is 0 Å². The van der Waals surface area contributed by atoms with Crippen LogP contribution in [0.3, 0.4) is 0 Å². The quantitative estimate of drug-likeness (QED) is 0.870. The van der Waals surface area contributed by atoms with E-state index in [4.69, 9.17) is 5.73 Å². The third kappa shape index (κ3) is 3.12. The molecule has 0 aromatic carbocycles. The van der Waals surface area contributed by atoms with Gasteiger partial charge in [-0.2, -0.15) is 0 Å². The normalized spacial score (nSPS) is 15.4. The maximum atomic E-state index is 5.91. The molecule has 0 unspecified atom stereocenters. The van der Waals surface area contributed by atoms with Crippen LogP contribution in [0, 0.1) is 5.92 Å². The van der Waals surface area contributed by atoms with E-state index in [1.54, 1.807) is 0 Å². The van der Waals surface area contributed by atoms with Gasteiger partial charge < -0.3 is 10.6 Å². The molecule has 0 atom stereocenters. The number of rotatable bonds is 5. The lowest BCUT2D eigenvalue weighted by molar-refractivity contribution is 0.600. The Bertz CT molecular complexity index is 410. The Morgan fingerprint density at radius 3 is 2.44 bits per heavy atom. The van der Waals surface area contributed by atoms with Crippen LogP contribution in [0.15, 0.2) is 6.07 Å². The summed E-state index contributed by atoms with van der Waals surface area (Å²) < 4.78 is 0. The number of hydrogen-bond acceptors (Lipinski definition) is 4. The molecule has 0 saturated heterocycles. The minimum atomic E-state index is 0.312. The van der Waals surface area contributed by atoms with Crippen LogP contribution in [0.2, 0.25) is 0 Å². The number of nitrogens with two attached hydrogens (primary N) is 1. The van der Waals surface area contributed by atoms with Crippen molar-refractivity contribution in [2.75, 3.05) is 17.2 Å². The minimum Gasteiger partial charge on any atom is -0.384 e. The van der Waals surface area contributed by atoms with E-state index in [1.807, 2.05) is 6.07 Å². The topological polar surface area (TPSA) is 55.0 Å². The van der Waals surface area contributed by atoms with Gasteiger partial charge in [-0.25, -0.2) is 9.97 Å². The summed E-state index contributed by atoms with van der Waals surface area (Å²) in [6.07, 6.45) is 2.54. The molecule has 4 nitrogen and oxygen atoms in total. The predicted molar refractivity (Wildman–Crippen MR) is 75.7 cm³/mol. The fraction of sp³-hybridized carbons (Fsp3) is 0.714. The summed E-state index contributed by atoms with van der Waals surface area (Å²) in [6, 6.07) is 2.56. The van der Waals surface area contributed by atoms with Crippen molar-refractivity contribution in [1.29, 1.82) is 0 Å². The Hall–Kier alpha value is -1.32. The number of hydrogen-bond donors (Lipinski definition) is 1. The molecule has 1 heterocycles. The average molecular weight is 248 g/mol. The first-order chi connectivity index (χ1) is 8.47. The third-order valence-corrected chi connectivity index (χ3v) is 3.11. The Kier molecular flexibility index (Phi) is 3.73. The zero-order chi connectivity index (χ0) is 13.3. The second kappa shape index (κ2) is 5.12. The molecule has 2 N–H and O–H groups in total. The van der Waals surface area contributed by atoms with Crippen LogP contribution in [0.5, 0.6) is 0 Å². The molecule has 0 amide bonds. The van der Waals surface area contributed by atoms with Crippen molar-refractivity contribution in [3.05, 3.63) is 11.9 Å². The van der Waals surface area contributed by atoms with E-state index in [1.165, 1.54) is 12.8 Å². The van der Waals surface area contributed by atoms with Crippen LogP contribution < -0.4 is 10.6 Å². The van der Waals surface area contributed by atoms with Crippen LogP contribution >= 0.6 is 0 Å². The van der Waals surface area contributed by atoms with Crippen LogP contribution in [-0.2, 0) is 0 Å². The molecule has 4 heteroatoms. The molecule has 100 valence electrons. The highest BCUT2D eigenvalue weighted by Gasteiger charge is 2.30. The highest BCUT2D eigenvalue weighted by atomic mass is 15.2. The smallest absolute Gasteiger partial charge is 0.135 e. The Labute approximate surface area is 110 Å². The highest BCUT2D eigenvalue weighted by Crippen LogP contribution is 2.32. The van der Waals surface area contributed by atoms with Crippen molar-refractivity contribution in [2.45, 2.75) is 52.5 Å². The molecule has 1 aliphatic carbocycles. The summed E-state index contributed by atoms with van der Waals surface area (Å²) in [5.41, 5.74) is 5.91. The summed E-state index contributed by atoms with van der Waals surface area (Å²) in [5, 5.41) is 0. The first-order valence-electron chi connectivity index (χ1n) is 6.88. The van der Waals surface area contributed by atoms with E-state index in [2.05, 4.69) is 42.6 Å². The number of nitrogen functional groups attached to an aromatic ring is 1. The standard InChI is InChI=1S/C14H24N4/c1-9(2)8-18(11-5-6-11)13-7-12(15)16-14(17-13)10(3)4/h7,9-11H,5-6,8H2,1-4H3,(H2,15,16,17). The molecule has 2 rings (SSSR count). The van der Waals surface area contributed by atoms with E-state index in [-0.39, 0.29) is 0 Å². The van der Waals surface area contributed by atoms with Crippen molar-refractivity contribution in [3.63, 3.8) is 0 Å². The summed E-state index contributed by atoms with van der Waals surface area (Å²) in [4.78, 5) is 11.4. The van der Waals surface area contributed by atoms with E-state index < -0.39 is 0 Å². The largest absolute Gasteiger partial charge is 0.384 e. The van der Waals surface area contributed by atoms with Gasteiger partial charge in [-0.3, -0.25) is 0 Å². The van der Waals surface area contributed by atoms with Crippen LogP contribution in [0.25, 0.3) is 0 Å². The van der Waals surface area contributed by atoms with Crippen LogP contribution in [-0.4, -0.2) is 22.6 Å². The molecule has 1 saturated carbocycles. The summed E-state index contributed by atoms with van der Waals surface area (Å²) in [5.74, 6) is 3.37. The molecule has 1 aromatic heterocycles. The fourth-order valence-corrected chi connectivity index (χ4v) is 2.09. The second-order valence-electron chi connectivity index (χ2n) is 5.94. The zero-order valence-electron chi connectivity index (χ0n) is 11.8. The lowest BCUT2D eigenvalue weighted by Gasteiger charge is -2.26. The molecule has 0 aliphatic heterocycles. The fourth-order valence-electron chi connectivity index (χ4n) is 2.09. The van der Waals surface area contributed by atoms with Gasteiger partial charge in [0.1, 0.15) is 17.5 Å². The summed E-state index contributed by atoms with van der Waals surface area (Å²) in [7, 11) is 0.